The van der Waals surface area contributed by atoms with E-state index < -0.39 is 0 Å². The smallest absolute Gasteiger partial charge is 0.194 e. The molecular weight excluding hydrogens is 449 g/mol. The van der Waals surface area contributed by atoms with Crippen LogP contribution in [0.1, 0.15) is 29.4 Å². The molecule has 0 aliphatic carbocycles. The molecule has 140 valence electrons. The first kappa shape index (κ1) is 21.9. The summed E-state index contributed by atoms with van der Waals surface area (Å²) >= 11 is 1.67. The molecule has 2 aromatic rings. The van der Waals surface area contributed by atoms with Gasteiger partial charge in [-0.2, -0.15) is 0 Å². The Labute approximate surface area is 171 Å². The van der Waals surface area contributed by atoms with Gasteiger partial charge in [0.25, 0.3) is 0 Å². The minimum Gasteiger partial charge on any atom is -0.468 e. The third kappa shape index (κ3) is 6.59. The first-order valence-corrected chi connectivity index (χ1v) is 8.99. The minimum atomic E-state index is 0. The van der Waals surface area contributed by atoms with Crippen molar-refractivity contribution < 1.29 is 4.42 Å². The number of aromatic nitrogens is 1. The molecule has 2 heterocycles. The van der Waals surface area contributed by atoms with Crippen molar-refractivity contribution in [2.75, 3.05) is 34.2 Å². The Bertz CT molecular complexity index is 641. The lowest BCUT2D eigenvalue weighted by molar-refractivity contribution is 0.264. The molecule has 0 radical (unpaired) electrons. The molecule has 8 heteroatoms. The van der Waals surface area contributed by atoms with Gasteiger partial charge < -0.3 is 14.6 Å². The van der Waals surface area contributed by atoms with E-state index in [0.717, 1.165) is 35.5 Å². The predicted octanol–water partition coefficient (Wildman–Crippen LogP) is 3.36. The van der Waals surface area contributed by atoms with Gasteiger partial charge in [0, 0.05) is 19.0 Å². The summed E-state index contributed by atoms with van der Waals surface area (Å²) in [6.45, 7) is 6.30. The second-order valence-corrected chi connectivity index (χ2v) is 6.97. The molecule has 6 nitrogen and oxygen atoms in total. The summed E-state index contributed by atoms with van der Waals surface area (Å²) in [7, 11) is 6.11. The summed E-state index contributed by atoms with van der Waals surface area (Å²) < 4.78 is 5.55. The van der Waals surface area contributed by atoms with E-state index in [9.17, 15) is 0 Å². The van der Waals surface area contributed by atoms with E-state index in [1.54, 1.807) is 17.6 Å². The number of hydrogen-bond donors (Lipinski definition) is 1. The van der Waals surface area contributed by atoms with E-state index in [0.29, 0.717) is 6.54 Å². The van der Waals surface area contributed by atoms with Gasteiger partial charge in [-0.25, -0.2) is 4.98 Å². The van der Waals surface area contributed by atoms with E-state index in [4.69, 9.17) is 9.41 Å². The fourth-order valence-corrected chi connectivity index (χ4v) is 3.03. The fraction of sp³-hybridized carbons (Fsp3) is 0.529. The number of rotatable bonds is 7. The molecule has 25 heavy (non-hydrogen) atoms. The van der Waals surface area contributed by atoms with Crippen LogP contribution in [0.15, 0.2) is 33.2 Å². The van der Waals surface area contributed by atoms with Gasteiger partial charge >= 0.3 is 0 Å². The molecule has 0 saturated heterocycles. The van der Waals surface area contributed by atoms with Crippen molar-refractivity contribution in [2.45, 2.75) is 26.4 Å². The molecule has 1 atom stereocenters. The second kappa shape index (κ2) is 10.8. The molecule has 0 saturated carbocycles. The molecule has 0 aromatic carbocycles. The van der Waals surface area contributed by atoms with E-state index in [-0.39, 0.29) is 30.0 Å². The highest BCUT2D eigenvalue weighted by Gasteiger charge is 2.17. The molecule has 0 amide bonds. The van der Waals surface area contributed by atoms with Crippen molar-refractivity contribution >= 4 is 41.3 Å². The van der Waals surface area contributed by atoms with E-state index in [1.165, 1.54) is 0 Å². The number of aliphatic imine (C=N–C) groups is 1. The largest absolute Gasteiger partial charge is 0.468 e. The lowest BCUT2D eigenvalue weighted by atomic mass is 10.2. The molecule has 2 aromatic heterocycles. The SMILES string of the molecule is CCNC(=NCC(c1ccco1)N(C)C)N(C)Cc1csc(C)n1.I. The highest BCUT2D eigenvalue weighted by molar-refractivity contribution is 14.0. The predicted molar refractivity (Wildman–Crippen MR) is 115 cm³/mol. The number of furan rings is 1. The number of halogens is 1. The first-order valence-electron chi connectivity index (χ1n) is 8.11. The first-order chi connectivity index (χ1) is 11.5. The summed E-state index contributed by atoms with van der Waals surface area (Å²) in [6.07, 6.45) is 1.71. The number of nitrogens with zero attached hydrogens (tertiary/aromatic N) is 4. The second-order valence-electron chi connectivity index (χ2n) is 5.90. The molecule has 1 N–H and O–H groups in total. The number of aryl methyl sites for hydroxylation is 1. The van der Waals surface area contributed by atoms with Crippen LogP contribution < -0.4 is 5.32 Å². The summed E-state index contributed by atoms with van der Waals surface area (Å²) in [5, 5.41) is 6.54. The lowest BCUT2D eigenvalue weighted by Crippen LogP contribution is -2.39. The van der Waals surface area contributed by atoms with Crippen molar-refractivity contribution in [3.63, 3.8) is 0 Å². The molecular formula is C17H28IN5OS. The highest BCUT2D eigenvalue weighted by Crippen LogP contribution is 2.19. The van der Waals surface area contributed by atoms with Crippen molar-refractivity contribution in [2.24, 2.45) is 4.99 Å². The Kier molecular flexibility index (Phi) is 9.44. The standard InChI is InChI=1S/C17H27N5OS.HI/c1-6-18-17(22(5)11-14-12-24-13(2)20-14)19-10-15(21(3)4)16-8-7-9-23-16;/h7-9,12,15H,6,10-11H2,1-5H3,(H,18,19);1H. The molecule has 1 unspecified atom stereocenters. The maximum Gasteiger partial charge on any atom is 0.194 e. The topological polar surface area (TPSA) is 56.9 Å². The van der Waals surface area contributed by atoms with Crippen LogP contribution in [0.25, 0.3) is 0 Å². The van der Waals surface area contributed by atoms with Crippen LogP contribution in [0, 0.1) is 6.92 Å². The zero-order valence-corrected chi connectivity index (χ0v) is 18.7. The molecule has 0 fully saturated rings. The van der Waals surface area contributed by atoms with E-state index in [2.05, 4.69) is 32.4 Å². The van der Waals surface area contributed by atoms with Gasteiger partial charge in [0.15, 0.2) is 5.96 Å². The van der Waals surface area contributed by atoms with E-state index in [1.807, 2.05) is 40.2 Å². The number of guanidine groups is 1. The van der Waals surface area contributed by atoms with Gasteiger partial charge in [-0.3, -0.25) is 9.89 Å². The average molecular weight is 477 g/mol. The third-order valence-corrected chi connectivity index (χ3v) is 4.49. The Hall–Kier alpha value is -1.13. The highest BCUT2D eigenvalue weighted by atomic mass is 127. The molecule has 2 rings (SSSR count). The van der Waals surface area contributed by atoms with Crippen molar-refractivity contribution in [3.05, 3.63) is 40.2 Å². The zero-order chi connectivity index (χ0) is 17.5. The van der Waals surface area contributed by atoms with Crippen molar-refractivity contribution in [1.29, 1.82) is 0 Å². The summed E-state index contributed by atoms with van der Waals surface area (Å²) in [4.78, 5) is 13.6. The monoisotopic (exact) mass is 477 g/mol. The Morgan fingerprint density at radius 1 is 1.40 bits per heavy atom. The van der Waals surface area contributed by atoms with Crippen LogP contribution in [0.3, 0.4) is 0 Å². The van der Waals surface area contributed by atoms with Gasteiger partial charge in [-0.1, -0.05) is 0 Å². The van der Waals surface area contributed by atoms with Gasteiger partial charge in [0.2, 0.25) is 0 Å². The summed E-state index contributed by atoms with van der Waals surface area (Å²) in [5.74, 6) is 1.80. The van der Waals surface area contributed by atoms with Crippen LogP contribution in [0.2, 0.25) is 0 Å². The van der Waals surface area contributed by atoms with Crippen LogP contribution in [0.4, 0.5) is 0 Å². The molecule has 0 aliphatic rings. The average Bonchev–Trinajstić information content (AvgIpc) is 3.18. The van der Waals surface area contributed by atoms with Gasteiger partial charge in [0.1, 0.15) is 5.76 Å². The van der Waals surface area contributed by atoms with Crippen LogP contribution in [-0.2, 0) is 6.54 Å². The quantitative estimate of drug-likeness (QED) is 0.377. The fourth-order valence-electron chi connectivity index (χ4n) is 2.43. The molecule has 0 bridgehead atoms. The molecule has 0 aliphatic heterocycles. The number of hydrogen-bond acceptors (Lipinski definition) is 5. The normalized spacial score (nSPS) is 12.8. The lowest BCUT2D eigenvalue weighted by Gasteiger charge is -2.24. The molecule has 0 spiro atoms. The summed E-state index contributed by atoms with van der Waals surface area (Å²) in [6, 6.07) is 4.02. The van der Waals surface area contributed by atoms with Crippen LogP contribution >= 0.6 is 35.3 Å². The van der Waals surface area contributed by atoms with Crippen molar-refractivity contribution in [3.8, 4) is 0 Å². The van der Waals surface area contributed by atoms with Gasteiger partial charge in [-0.15, -0.1) is 35.3 Å². The Morgan fingerprint density at radius 3 is 2.68 bits per heavy atom. The van der Waals surface area contributed by atoms with Crippen LogP contribution in [0.5, 0.6) is 0 Å². The number of likely N-dealkylation sites (N-methyl/N-ethyl adjacent to an activating group) is 1. The van der Waals surface area contributed by atoms with Crippen molar-refractivity contribution in [1.82, 2.24) is 20.1 Å². The maximum absolute atomic E-state index is 5.55. The van der Waals surface area contributed by atoms with E-state index >= 15 is 0 Å². The Balaban J connectivity index is 0.00000312. The third-order valence-electron chi connectivity index (χ3n) is 3.67. The van der Waals surface area contributed by atoms with Gasteiger partial charge in [-0.05, 0) is 40.1 Å². The zero-order valence-electron chi connectivity index (χ0n) is 15.5. The number of thiazole rings is 1. The summed E-state index contributed by atoms with van der Waals surface area (Å²) in [5.41, 5.74) is 1.07. The van der Waals surface area contributed by atoms with Gasteiger partial charge in [0.05, 0.1) is 36.1 Å². The minimum absolute atomic E-state index is 0. The van der Waals surface area contributed by atoms with Crippen LogP contribution in [-0.4, -0.2) is 55.0 Å². The maximum atomic E-state index is 5.55. The Morgan fingerprint density at radius 2 is 2.16 bits per heavy atom. The number of nitrogens with one attached hydrogen (secondary N) is 1.